The maximum atomic E-state index is 11.3. The van der Waals surface area contributed by atoms with Crippen LogP contribution >= 0.6 is 0 Å². The van der Waals surface area contributed by atoms with Crippen molar-refractivity contribution in [3.63, 3.8) is 0 Å². The van der Waals surface area contributed by atoms with Crippen LogP contribution in [0.2, 0.25) is 0 Å². The molecule has 0 aromatic carbocycles. The van der Waals surface area contributed by atoms with Gasteiger partial charge in [0.2, 0.25) is 0 Å². The molecule has 2 fully saturated rings. The van der Waals surface area contributed by atoms with E-state index in [0.717, 1.165) is 6.29 Å². The summed E-state index contributed by atoms with van der Waals surface area (Å²) in [5, 5.41) is 9.69. The number of aliphatic hydroxyl groups excluding tert-OH is 1. The normalized spacial score (nSPS) is 44.3. The Labute approximate surface area is 88.3 Å². The third-order valence-corrected chi connectivity index (χ3v) is 5.09. The minimum Gasteiger partial charge on any atom is -0.392 e. The smallest absolute Gasteiger partial charge is 0.153 e. The van der Waals surface area contributed by atoms with Crippen LogP contribution in [0.15, 0.2) is 0 Å². The number of carbonyl (C=O) groups excluding carboxylic acids is 1. The molecule has 0 aromatic rings. The molecule has 0 saturated carbocycles. The number of aldehydes is 1. The highest BCUT2D eigenvalue weighted by molar-refractivity contribution is 7.91. The molecule has 2 rings (SSSR count). The van der Waals surface area contributed by atoms with Gasteiger partial charge in [0.1, 0.15) is 6.29 Å². The number of hydrogen-bond donors (Lipinski definition) is 1. The minimum atomic E-state index is -3.19. The molecule has 0 amide bonds. The van der Waals surface area contributed by atoms with E-state index in [2.05, 4.69) is 0 Å². The summed E-state index contributed by atoms with van der Waals surface area (Å²) in [7, 11) is -3.19. The van der Waals surface area contributed by atoms with E-state index >= 15 is 0 Å². The van der Waals surface area contributed by atoms with Gasteiger partial charge >= 0.3 is 0 Å². The van der Waals surface area contributed by atoms with Gasteiger partial charge in [-0.3, -0.25) is 0 Å². The summed E-state index contributed by atoms with van der Waals surface area (Å²) in [4.78, 5) is 11.1. The maximum absolute atomic E-state index is 11.3. The molecule has 0 bridgehead atoms. The Balaban J connectivity index is 2.26. The molecule has 2 aliphatic rings. The molecule has 5 nitrogen and oxygen atoms in total. The summed E-state index contributed by atoms with van der Waals surface area (Å²) in [6, 6.07) is 0. The van der Waals surface area contributed by atoms with Gasteiger partial charge in [0, 0.05) is 12.5 Å². The largest absolute Gasteiger partial charge is 0.392 e. The summed E-state index contributed by atoms with van der Waals surface area (Å²) in [5.74, 6) is -0.828. The van der Waals surface area contributed by atoms with Crippen molar-refractivity contribution in [1.29, 1.82) is 0 Å². The number of carbonyl (C=O) groups is 1. The van der Waals surface area contributed by atoms with Gasteiger partial charge in [-0.1, -0.05) is 0 Å². The zero-order valence-electron chi connectivity index (χ0n) is 8.26. The second-order valence-corrected chi connectivity index (χ2v) is 6.56. The Morgan fingerprint density at radius 1 is 1.40 bits per heavy atom. The molecule has 2 aliphatic heterocycles. The van der Waals surface area contributed by atoms with E-state index in [1.165, 1.54) is 0 Å². The van der Waals surface area contributed by atoms with E-state index in [1.807, 2.05) is 0 Å². The molecule has 0 radical (unpaired) electrons. The van der Waals surface area contributed by atoms with Crippen molar-refractivity contribution in [3.8, 4) is 0 Å². The zero-order chi connectivity index (χ0) is 11.1. The molecule has 1 N–H and O–H groups in total. The number of sulfone groups is 1. The minimum absolute atomic E-state index is 0.101. The standard InChI is InChI=1S/C9H14O5S/c10-5-9(1-2-14-6-9)7-3-15(12,13)4-8(7)11/h5,7-8,11H,1-4,6H2. The third kappa shape index (κ3) is 1.81. The van der Waals surface area contributed by atoms with Crippen LogP contribution in [0.25, 0.3) is 0 Å². The first-order valence-electron chi connectivity index (χ1n) is 4.92. The molecule has 3 unspecified atom stereocenters. The lowest BCUT2D eigenvalue weighted by atomic mass is 9.74. The van der Waals surface area contributed by atoms with Crippen molar-refractivity contribution < 1.29 is 23.1 Å². The number of rotatable bonds is 2. The lowest BCUT2D eigenvalue weighted by molar-refractivity contribution is -0.120. The number of ether oxygens (including phenoxy) is 1. The van der Waals surface area contributed by atoms with Crippen LogP contribution in [0.1, 0.15) is 6.42 Å². The highest BCUT2D eigenvalue weighted by Gasteiger charge is 2.51. The van der Waals surface area contributed by atoms with Crippen LogP contribution < -0.4 is 0 Å². The SMILES string of the molecule is O=CC1(C2CS(=O)(=O)CC2O)CCOC1. The highest BCUT2D eigenvalue weighted by Crippen LogP contribution is 2.40. The lowest BCUT2D eigenvalue weighted by Gasteiger charge is -2.28. The van der Waals surface area contributed by atoms with E-state index in [9.17, 15) is 18.3 Å². The second kappa shape index (κ2) is 3.54. The molecule has 0 aromatic heterocycles. The first-order valence-corrected chi connectivity index (χ1v) is 6.74. The summed E-state index contributed by atoms with van der Waals surface area (Å²) in [6.45, 7) is 0.690. The highest BCUT2D eigenvalue weighted by atomic mass is 32.2. The maximum Gasteiger partial charge on any atom is 0.153 e. The second-order valence-electron chi connectivity index (χ2n) is 4.40. The first kappa shape index (κ1) is 11.0. The molecule has 0 spiro atoms. The predicted molar refractivity (Wildman–Crippen MR) is 52.1 cm³/mol. The Bertz CT molecular complexity index is 355. The molecule has 15 heavy (non-hydrogen) atoms. The van der Waals surface area contributed by atoms with Crippen molar-refractivity contribution in [2.24, 2.45) is 11.3 Å². The van der Waals surface area contributed by atoms with Crippen LogP contribution in [-0.2, 0) is 19.4 Å². The van der Waals surface area contributed by atoms with E-state index in [0.29, 0.717) is 13.0 Å². The molecular weight excluding hydrogens is 220 g/mol. The molecular formula is C9H14O5S. The van der Waals surface area contributed by atoms with Crippen LogP contribution in [0.3, 0.4) is 0 Å². The topological polar surface area (TPSA) is 80.7 Å². The van der Waals surface area contributed by atoms with Crippen molar-refractivity contribution >= 4 is 16.1 Å². The fourth-order valence-electron chi connectivity index (χ4n) is 2.45. The van der Waals surface area contributed by atoms with Crippen LogP contribution in [-0.4, -0.2) is 50.6 Å². The summed E-state index contributed by atoms with van der Waals surface area (Å²) in [6.07, 6.45) is 0.338. The van der Waals surface area contributed by atoms with Gasteiger partial charge in [0.05, 0.1) is 29.6 Å². The molecule has 86 valence electrons. The molecule has 2 heterocycles. The molecule has 3 atom stereocenters. The monoisotopic (exact) mass is 234 g/mol. The third-order valence-electron chi connectivity index (χ3n) is 3.38. The molecule has 0 aliphatic carbocycles. The van der Waals surface area contributed by atoms with Gasteiger partial charge in [-0.2, -0.15) is 0 Å². The van der Waals surface area contributed by atoms with Crippen molar-refractivity contribution in [2.75, 3.05) is 24.7 Å². The zero-order valence-corrected chi connectivity index (χ0v) is 9.07. The van der Waals surface area contributed by atoms with Gasteiger partial charge in [-0.15, -0.1) is 0 Å². The molecule has 2 saturated heterocycles. The van der Waals surface area contributed by atoms with E-state index in [1.54, 1.807) is 0 Å². The summed E-state index contributed by atoms with van der Waals surface area (Å²) >= 11 is 0. The van der Waals surface area contributed by atoms with Crippen LogP contribution in [0, 0.1) is 11.3 Å². The van der Waals surface area contributed by atoms with Gasteiger partial charge < -0.3 is 14.6 Å². The van der Waals surface area contributed by atoms with Crippen molar-refractivity contribution in [2.45, 2.75) is 12.5 Å². The summed E-state index contributed by atoms with van der Waals surface area (Å²) < 4.78 is 27.8. The lowest BCUT2D eigenvalue weighted by Crippen LogP contribution is -2.39. The fourth-order valence-corrected chi connectivity index (χ4v) is 4.44. The Morgan fingerprint density at radius 3 is 2.53 bits per heavy atom. The molecule has 6 heteroatoms. The summed E-state index contributed by atoms with van der Waals surface area (Å²) in [5.41, 5.74) is -0.789. The Kier molecular flexibility index (Phi) is 2.60. The van der Waals surface area contributed by atoms with Crippen molar-refractivity contribution in [1.82, 2.24) is 0 Å². The van der Waals surface area contributed by atoms with Crippen LogP contribution in [0.5, 0.6) is 0 Å². The Hall–Kier alpha value is -0.460. The van der Waals surface area contributed by atoms with Gasteiger partial charge in [-0.05, 0) is 6.42 Å². The number of hydrogen-bond acceptors (Lipinski definition) is 5. The van der Waals surface area contributed by atoms with Gasteiger partial charge in [-0.25, -0.2) is 8.42 Å². The van der Waals surface area contributed by atoms with Crippen molar-refractivity contribution in [3.05, 3.63) is 0 Å². The van der Waals surface area contributed by atoms with E-state index < -0.39 is 27.3 Å². The van der Waals surface area contributed by atoms with E-state index in [-0.39, 0.29) is 18.1 Å². The fraction of sp³-hybridized carbons (Fsp3) is 0.889. The van der Waals surface area contributed by atoms with Gasteiger partial charge in [0.25, 0.3) is 0 Å². The average molecular weight is 234 g/mol. The van der Waals surface area contributed by atoms with Crippen LogP contribution in [0.4, 0.5) is 0 Å². The van der Waals surface area contributed by atoms with E-state index in [4.69, 9.17) is 4.74 Å². The predicted octanol–water partition coefficient (Wildman–Crippen LogP) is -1.00. The number of aliphatic hydroxyl groups is 1. The van der Waals surface area contributed by atoms with Gasteiger partial charge in [0.15, 0.2) is 9.84 Å². The quantitative estimate of drug-likeness (QED) is 0.620. The first-order chi connectivity index (χ1) is 6.99. The Morgan fingerprint density at radius 2 is 2.13 bits per heavy atom. The average Bonchev–Trinajstić information content (AvgIpc) is 2.71.